The van der Waals surface area contributed by atoms with Crippen LogP contribution in [0.25, 0.3) is 10.9 Å². The van der Waals surface area contributed by atoms with E-state index in [0.717, 1.165) is 30.4 Å². The molecule has 1 aromatic heterocycles. The molecule has 0 saturated carbocycles. The van der Waals surface area contributed by atoms with Gasteiger partial charge < -0.3 is 10.2 Å². The zero-order chi connectivity index (χ0) is 15.2. The van der Waals surface area contributed by atoms with Gasteiger partial charge in [0.05, 0.1) is 18.3 Å². The molecule has 0 unspecified atom stereocenters. The van der Waals surface area contributed by atoms with Crippen molar-refractivity contribution in [3.63, 3.8) is 0 Å². The molecular formula is C16H24N4O. The van der Waals surface area contributed by atoms with Gasteiger partial charge in [-0.15, -0.1) is 0 Å². The van der Waals surface area contributed by atoms with Crippen molar-refractivity contribution in [3.05, 3.63) is 30.0 Å². The van der Waals surface area contributed by atoms with Gasteiger partial charge in [-0.25, -0.2) is 0 Å². The van der Waals surface area contributed by atoms with Crippen LogP contribution in [0.4, 0.5) is 0 Å². The molecule has 5 nitrogen and oxygen atoms in total. The first-order chi connectivity index (χ1) is 10.1. The van der Waals surface area contributed by atoms with E-state index in [-0.39, 0.29) is 5.91 Å². The van der Waals surface area contributed by atoms with Gasteiger partial charge in [0.2, 0.25) is 5.91 Å². The molecule has 0 bridgehead atoms. The largest absolute Gasteiger partial charge is 0.356 e. The quantitative estimate of drug-likeness (QED) is 0.790. The van der Waals surface area contributed by atoms with Crippen LogP contribution in [-0.4, -0.2) is 47.8 Å². The topological polar surface area (TPSA) is 50.2 Å². The summed E-state index contributed by atoms with van der Waals surface area (Å²) in [6, 6.07) is 6.15. The van der Waals surface area contributed by atoms with Crippen molar-refractivity contribution >= 4 is 16.8 Å². The molecule has 114 valence electrons. The second kappa shape index (κ2) is 7.22. The smallest absolute Gasteiger partial charge is 0.221 e. The van der Waals surface area contributed by atoms with Gasteiger partial charge in [-0.3, -0.25) is 9.48 Å². The number of hydrogen-bond donors (Lipinski definition) is 1. The summed E-state index contributed by atoms with van der Waals surface area (Å²) in [7, 11) is 4.07. The van der Waals surface area contributed by atoms with Crippen LogP contribution in [-0.2, 0) is 11.3 Å². The van der Waals surface area contributed by atoms with Crippen molar-refractivity contribution in [2.75, 3.05) is 27.2 Å². The second-order valence-corrected chi connectivity index (χ2v) is 5.64. The van der Waals surface area contributed by atoms with Crippen LogP contribution >= 0.6 is 0 Å². The average Bonchev–Trinajstić information content (AvgIpc) is 2.86. The number of rotatable bonds is 7. The monoisotopic (exact) mass is 288 g/mol. The lowest BCUT2D eigenvalue weighted by atomic mass is 10.2. The van der Waals surface area contributed by atoms with E-state index in [1.165, 1.54) is 5.56 Å². The van der Waals surface area contributed by atoms with E-state index in [4.69, 9.17) is 0 Å². The maximum atomic E-state index is 11.8. The van der Waals surface area contributed by atoms with Gasteiger partial charge in [0.1, 0.15) is 0 Å². The van der Waals surface area contributed by atoms with Crippen LogP contribution in [0.3, 0.4) is 0 Å². The van der Waals surface area contributed by atoms with E-state index >= 15 is 0 Å². The third-order valence-corrected chi connectivity index (χ3v) is 3.52. The number of amides is 1. The molecule has 0 aliphatic carbocycles. The van der Waals surface area contributed by atoms with E-state index in [9.17, 15) is 4.79 Å². The van der Waals surface area contributed by atoms with E-state index in [2.05, 4.69) is 28.3 Å². The minimum absolute atomic E-state index is 0.0889. The van der Waals surface area contributed by atoms with Gasteiger partial charge in [0, 0.05) is 18.4 Å². The summed E-state index contributed by atoms with van der Waals surface area (Å²) in [6.45, 7) is 4.41. The Labute approximate surface area is 125 Å². The van der Waals surface area contributed by atoms with Crippen molar-refractivity contribution in [3.8, 4) is 0 Å². The molecule has 0 atom stereocenters. The zero-order valence-electron chi connectivity index (χ0n) is 13.1. The number of nitrogens with one attached hydrogen (secondary N) is 1. The first-order valence-electron chi connectivity index (χ1n) is 7.40. The fourth-order valence-electron chi connectivity index (χ4n) is 2.42. The Bertz CT molecular complexity index is 603. The van der Waals surface area contributed by atoms with Crippen LogP contribution in [0, 0.1) is 6.92 Å². The number of aryl methyl sites for hydroxylation is 2. The molecule has 0 spiro atoms. The number of nitrogens with zero attached hydrogens (tertiary/aromatic N) is 3. The Hall–Kier alpha value is -1.88. The van der Waals surface area contributed by atoms with Crippen LogP contribution in [0.5, 0.6) is 0 Å². The maximum absolute atomic E-state index is 11.8. The average molecular weight is 288 g/mol. The van der Waals surface area contributed by atoms with Gasteiger partial charge in [-0.1, -0.05) is 18.2 Å². The van der Waals surface area contributed by atoms with E-state index in [1.54, 1.807) is 0 Å². The van der Waals surface area contributed by atoms with Gasteiger partial charge >= 0.3 is 0 Å². The zero-order valence-corrected chi connectivity index (χ0v) is 13.1. The third kappa shape index (κ3) is 4.29. The maximum Gasteiger partial charge on any atom is 0.221 e. The number of fused-ring (bicyclic) bond motifs is 1. The third-order valence-electron chi connectivity index (χ3n) is 3.52. The summed E-state index contributed by atoms with van der Waals surface area (Å²) in [4.78, 5) is 14.0. The Kier molecular flexibility index (Phi) is 5.33. The molecule has 1 aromatic carbocycles. The lowest BCUT2D eigenvalue weighted by Crippen LogP contribution is -2.27. The fourth-order valence-corrected chi connectivity index (χ4v) is 2.42. The lowest BCUT2D eigenvalue weighted by molar-refractivity contribution is -0.121. The number of benzene rings is 1. The predicted molar refractivity (Wildman–Crippen MR) is 85.3 cm³/mol. The highest BCUT2D eigenvalue weighted by molar-refractivity contribution is 5.82. The minimum atomic E-state index is 0.0889. The van der Waals surface area contributed by atoms with Crippen molar-refractivity contribution in [1.82, 2.24) is 20.0 Å². The molecule has 1 N–H and O–H groups in total. The molecule has 0 aliphatic rings. The van der Waals surface area contributed by atoms with Crippen molar-refractivity contribution in [1.29, 1.82) is 0 Å². The standard InChI is InChI=1S/C16H24N4O/c1-13-6-4-7-14-12-18-20(16(13)14)11-8-15(21)17-9-5-10-19(2)3/h4,6-7,12H,5,8-11H2,1-3H3,(H,17,21). The van der Waals surface area contributed by atoms with Gasteiger partial charge in [0.25, 0.3) is 0 Å². The molecule has 2 rings (SSSR count). The highest BCUT2D eigenvalue weighted by Gasteiger charge is 2.07. The van der Waals surface area contributed by atoms with Crippen LogP contribution in [0.2, 0.25) is 0 Å². The molecule has 2 aromatic rings. The number of carbonyl (C=O) groups excluding carboxylic acids is 1. The molecule has 1 amide bonds. The van der Waals surface area contributed by atoms with Crippen LogP contribution < -0.4 is 5.32 Å². The summed E-state index contributed by atoms with van der Waals surface area (Å²) < 4.78 is 1.92. The van der Waals surface area contributed by atoms with Gasteiger partial charge in [-0.05, 0) is 39.5 Å². The van der Waals surface area contributed by atoms with E-state index in [1.807, 2.05) is 37.1 Å². The SMILES string of the molecule is Cc1cccc2cnn(CCC(=O)NCCCN(C)C)c12. The first kappa shape index (κ1) is 15.5. The van der Waals surface area contributed by atoms with Gasteiger partial charge in [-0.2, -0.15) is 5.10 Å². The number of carbonyl (C=O) groups is 1. The summed E-state index contributed by atoms with van der Waals surface area (Å²) in [5.74, 6) is 0.0889. The molecule has 1 heterocycles. The fraction of sp³-hybridized carbons (Fsp3) is 0.500. The van der Waals surface area contributed by atoms with Crippen molar-refractivity contribution in [2.24, 2.45) is 0 Å². The van der Waals surface area contributed by atoms with Crippen LogP contribution in [0.1, 0.15) is 18.4 Å². The summed E-state index contributed by atoms with van der Waals surface area (Å²) in [5.41, 5.74) is 2.31. The Morgan fingerprint density at radius 3 is 2.95 bits per heavy atom. The Morgan fingerprint density at radius 1 is 1.38 bits per heavy atom. The van der Waals surface area contributed by atoms with Crippen LogP contribution in [0.15, 0.2) is 24.4 Å². The second-order valence-electron chi connectivity index (χ2n) is 5.64. The molecule has 5 heteroatoms. The number of para-hydroxylation sites is 1. The molecule has 0 aliphatic heterocycles. The summed E-state index contributed by atoms with van der Waals surface area (Å²) in [6.07, 6.45) is 3.30. The molecule has 0 saturated heterocycles. The number of aromatic nitrogens is 2. The number of hydrogen-bond acceptors (Lipinski definition) is 3. The van der Waals surface area contributed by atoms with E-state index < -0.39 is 0 Å². The predicted octanol–water partition coefficient (Wildman–Crippen LogP) is 1.80. The minimum Gasteiger partial charge on any atom is -0.356 e. The first-order valence-corrected chi connectivity index (χ1v) is 7.40. The van der Waals surface area contributed by atoms with Gasteiger partial charge in [0.15, 0.2) is 0 Å². The molecule has 0 fully saturated rings. The highest BCUT2D eigenvalue weighted by Crippen LogP contribution is 2.17. The molecular weight excluding hydrogens is 264 g/mol. The summed E-state index contributed by atoms with van der Waals surface area (Å²) in [5, 5.41) is 8.46. The Balaban J connectivity index is 1.83. The lowest BCUT2D eigenvalue weighted by Gasteiger charge is -2.10. The van der Waals surface area contributed by atoms with Crippen molar-refractivity contribution in [2.45, 2.75) is 26.3 Å². The normalized spacial score (nSPS) is 11.2. The highest BCUT2D eigenvalue weighted by atomic mass is 16.1. The van der Waals surface area contributed by atoms with E-state index in [0.29, 0.717) is 13.0 Å². The summed E-state index contributed by atoms with van der Waals surface area (Å²) >= 11 is 0. The van der Waals surface area contributed by atoms with Crippen molar-refractivity contribution < 1.29 is 4.79 Å². The molecule has 21 heavy (non-hydrogen) atoms. The molecule has 0 radical (unpaired) electrons. The Morgan fingerprint density at radius 2 is 2.19 bits per heavy atom.